The van der Waals surface area contributed by atoms with Crippen molar-refractivity contribution in [1.82, 2.24) is 15.5 Å². The van der Waals surface area contributed by atoms with Crippen LogP contribution in [0.3, 0.4) is 0 Å². The van der Waals surface area contributed by atoms with E-state index in [9.17, 15) is 5.11 Å². The summed E-state index contributed by atoms with van der Waals surface area (Å²) in [6, 6.07) is 6.80. The van der Waals surface area contributed by atoms with Gasteiger partial charge in [0.05, 0.1) is 6.04 Å². The molecule has 2 rings (SSSR count). The Kier molecular flexibility index (Phi) is 3.94. The molecule has 1 heterocycles. The normalized spacial score (nSPS) is 12.6. The predicted molar refractivity (Wildman–Crippen MR) is 68.1 cm³/mol. The number of aromatic nitrogens is 2. The molecule has 96 valence electrons. The molecule has 0 aliphatic carbocycles. The van der Waals surface area contributed by atoms with E-state index in [0.717, 1.165) is 18.5 Å². The van der Waals surface area contributed by atoms with E-state index in [-0.39, 0.29) is 11.8 Å². The minimum atomic E-state index is 0.0310. The van der Waals surface area contributed by atoms with Crippen LogP contribution in [0, 0.1) is 0 Å². The zero-order valence-corrected chi connectivity index (χ0v) is 10.6. The number of aromatic hydroxyl groups is 1. The summed E-state index contributed by atoms with van der Waals surface area (Å²) in [6.45, 7) is 4.99. The summed E-state index contributed by atoms with van der Waals surface area (Å²) in [7, 11) is 0. The van der Waals surface area contributed by atoms with Crippen LogP contribution in [0.1, 0.15) is 32.2 Å². The molecule has 5 nitrogen and oxygen atoms in total. The molecule has 0 spiro atoms. The first-order chi connectivity index (χ1) is 8.70. The van der Waals surface area contributed by atoms with Crippen molar-refractivity contribution < 1.29 is 9.52 Å². The van der Waals surface area contributed by atoms with Gasteiger partial charge in [0.25, 0.3) is 0 Å². The first kappa shape index (κ1) is 12.6. The highest BCUT2D eigenvalue weighted by Gasteiger charge is 2.14. The molecule has 1 unspecified atom stereocenters. The van der Waals surface area contributed by atoms with Crippen molar-refractivity contribution >= 4 is 0 Å². The molecule has 0 radical (unpaired) electrons. The van der Waals surface area contributed by atoms with E-state index in [1.807, 2.05) is 13.0 Å². The van der Waals surface area contributed by atoms with Crippen LogP contribution < -0.4 is 5.32 Å². The average Bonchev–Trinajstić information content (AvgIpc) is 2.85. The number of rotatable bonds is 5. The van der Waals surface area contributed by atoms with E-state index in [1.54, 1.807) is 18.2 Å². The van der Waals surface area contributed by atoms with Crippen molar-refractivity contribution in [1.29, 1.82) is 0 Å². The third kappa shape index (κ3) is 2.87. The van der Waals surface area contributed by atoms with Crippen LogP contribution in [-0.2, 0) is 0 Å². The largest absolute Gasteiger partial charge is 0.508 e. The van der Waals surface area contributed by atoms with Gasteiger partial charge in [-0.2, -0.15) is 0 Å². The summed E-state index contributed by atoms with van der Waals surface area (Å²) in [5.41, 5.74) is 0.719. The molecule has 0 aliphatic rings. The third-order valence-electron chi connectivity index (χ3n) is 2.60. The van der Waals surface area contributed by atoms with Crippen molar-refractivity contribution in [3.63, 3.8) is 0 Å². The van der Waals surface area contributed by atoms with Crippen LogP contribution in [0.25, 0.3) is 11.5 Å². The van der Waals surface area contributed by atoms with Gasteiger partial charge < -0.3 is 14.8 Å². The molecule has 1 aromatic carbocycles. The van der Waals surface area contributed by atoms with Crippen molar-refractivity contribution in [2.45, 2.75) is 26.3 Å². The van der Waals surface area contributed by atoms with Crippen LogP contribution in [0.15, 0.2) is 28.7 Å². The molecule has 2 N–H and O–H groups in total. The summed E-state index contributed by atoms with van der Waals surface area (Å²) < 4.78 is 5.59. The predicted octanol–water partition coefficient (Wildman–Crippen LogP) is 2.50. The summed E-state index contributed by atoms with van der Waals surface area (Å²) in [4.78, 5) is 0. The maximum absolute atomic E-state index is 9.40. The van der Waals surface area contributed by atoms with E-state index in [1.165, 1.54) is 0 Å². The van der Waals surface area contributed by atoms with Gasteiger partial charge in [0, 0.05) is 5.56 Å². The summed E-state index contributed by atoms with van der Waals surface area (Å²) in [5, 5.41) is 20.7. The maximum Gasteiger partial charge on any atom is 0.247 e. The van der Waals surface area contributed by atoms with E-state index >= 15 is 0 Å². The van der Waals surface area contributed by atoms with Gasteiger partial charge >= 0.3 is 0 Å². The molecule has 2 aromatic rings. The third-order valence-corrected chi connectivity index (χ3v) is 2.60. The lowest BCUT2D eigenvalue weighted by Crippen LogP contribution is -2.19. The molecule has 0 amide bonds. The molecule has 0 saturated heterocycles. The van der Waals surface area contributed by atoms with E-state index in [0.29, 0.717) is 11.8 Å². The SMILES string of the molecule is CCCNC(C)c1nnc(-c2cccc(O)c2)o1. The molecule has 0 saturated carbocycles. The molecular formula is C13H17N3O2. The highest BCUT2D eigenvalue weighted by atomic mass is 16.4. The number of phenolic OH excluding ortho intramolecular Hbond substituents is 1. The lowest BCUT2D eigenvalue weighted by molar-refractivity contribution is 0.422. The van der Waals surface area contributed by atoms with Crippen molar-refractivity contribution in [3.05, 3.63) is 30.2 Å². The Balaban J connectivity index is 2.15. The van der Waals surface area contributed by atoms with Crippen LogP contribution in [0.5, 0.6) is 5.75 Å². The number of benzene rings is 1. The van der Waals surface area contributed by atoms with Gasteiger partial charge in [-0.25, -0.2) is 0 Å². The van der Waals surface area contributed by atoms with Crippen LogP contribution in [0.4, 0.5) is 0 Å². The number of hydrogen-bond donors (Lipinski definition) is 2. The average molecular weight is 247 g/mol. The van der Waals surface area contributed by atoms with Gasteiger partial charge in [0.2, 0.25) is 11.8 Å². The zero-order valence-electron chi connectivity index (χ0n) is 10.6. The Morgan fingerprint density at radius 2 is 2.22 bits per heavy atom. The first-order valence-electron chi connectivity index (χ1n) is 6.07. The van der Waals surface area contributed by atoms with Gasteiger partial charge in [0.1, 0.15) is 5.75 Å². The molecule has 0 fully saturated rings. The Morgan fingerprint density at radius 3 is 2.94 bits per heavy atom. The monoisotopic (exact) mass is 247 g/mol. The van der Waals surface area contributed by atoms with Crippen molar-refractivity contribution in [2.75, 3.05) is 6.54 Å². The summed E-state index contributed by atoms with van der Waals surface area (Å²) in [5.74, 6) is 1.16. The zero-order chi connectivity index (χ0) is 13.0. The lowest BCUT2D eigenvalue weighted by Gasteiger charge is -2.07. The number of phenols is 1. The first-order valence-corrected chi connectivity index (χ1v) is 6.07. The number of nitrogens with one attached hydrogen (secondary N) is 1. The smallest absolute Gasteiger partial charge is 0.247 e. The quantitative estimate of drug-likeness (QED) is 0.849. The number of nitrogens with zero attached hydrogens (tertiary/aromatic N) is 2. The molecule has 5 heteroatoms. The minimum absolute atomic E-state index is 0.0310. The molecule has 1 atom stereocenters. The lowest BCUT2D eigenvalue weighted by atomic mass is 10.2. The summed E-state index contributed by atoms with van der Waals surface area (Å²) in [6.07, 6.45) is 1.05. The molecule has 18 heavy (non-hydrogen) atoms. The molecular weight excluding hydrogens is 230 g/mol. The van der Waals surface area contributed by atoms with Gasteiger partial charge in [-0.1, -0.05) is 13.0 Å². The Labute approximate surface area is 106 Å². The fourth-order valence-electron chi connectivity index (χ4n) is 1.61. The van der Waals surface area contributed by atoms with Crippen molar-refractivity contribution in [2.24, 2.45) is 0 Å². The molecule has 0 aliphatic heterocycles. The van der Waals surface area contributed by atoms with E-state index in [2.05, 4.69) is 22.4 Å². The minimum Gasteiger partial charge on any atom is -0.508 e. The topological polar surface area (TPSA) is 71.2 Å². The number of hydrogen-bond acceptors (Lipinski definition) is 5. The Morgan fingerprint density at radius 1 is 1.39 bits per heavy atom. The molecule has 1 aromatic heterocycles. The van der Waals surface area contributed by atoms with Crippen LogP contribution >= 0.6 is 0 Å². The van der Waals surface area contributed by atoms with Gasteiger partial charge in [-0.3, -0.25) is 0 Å². The summed E-state index contributed by atoms with van der Waals surface area (Å²) >= 11 is 0. The highest BCUT2D eigenvalue weighted by molar-refractivity contribution is 5.55. The second kappa shape index (κ2) is 5.64. The molecule has 0 bridgehead atoms. The standard InChI is InChI=1S/C13H17N3O2/c1-3-7-14-9(2)12-15-16-13(18-12)10-5-4-6-11(17)8-10/h4-6,8-9,14,17H,3,7H2,1-2H3. The Hall–Kier alpha value is -1.88. The highest BCUT2D eigenvalue weighted by Crippen LogP contribution is 2.23. The van der Waals surface area contributed by atoms with E-state index in [4.69, 9.17) is 4.42 Å². The van der Waals surface area contributed by atoms with Crippen LogP contribution in [0.2, 0.25) is 0 Å². The second-order valence-electron chi connectivity index (χ2n) is 4.17. The van der Waals surface area contributed by atoms with Gasteiger partial charge in [-0.05, 0) is 38.1 Å². The van der Waals surface area contributed by atoms with Crippen LogP contribution in [-0.4, -0.2) is 21.8 Å². The fraction of sp³-hybridized carbons (Fsp3) is 0.385. The van der Waals surface area contributed by atoms with Gasteiger partial charge in [0.15, 0.2) is 0 Å². The van der Waals surface area contributed by atoms with Gasteiger partial charge in [-0.15, -0.1) is 10.2 Å². The maximum atomic E-state index is 9.40. The van der Waals surface area contributed by atoms with E-state index < -0.39 is 0 Å². The second-order valence-corrected chi connectivity index (χ2v) is 4.17. The fourth-order valence-corrected chi connectivity index (χ4v) is 1.61. The Bertz CT molecular complexity index is 510. The van der Waals surface area contributed by atoms with Crippen molar-refractivity contribution in [3.8, 4) is 17.2 Å².